The van der Waals surface area contributed by atoms with Gasteiger partial charge in [-0.1, -0.05) is 59.9 Å². The molecule has 0 fully saturated rings. The number of para-hydroxylation sites is 1. The molecule has 3 heterocycles. The number of aromatic nitrogens is 3. The maximum atomic E-state index is 13.7. The first-order chi connectivity index (χ1) is 17.0. The molecule has 0 saturated carbocycles. The molecule has 1 aliphatic heterocycles. The third-order valence-corrected chi connectivity index (χ3v) is 7.03. The summed E-state index contributed by atoms with van der Waals surface area (Å²) in [5, 5.41) is 7.32. The highest BCUT2D eigenvalue weighted by atomic mass is 32.1. The lowest BCUT2D eigenvalue weighted by atomic mass is 9.95. The maximum absolute atomic E-state index is 13.7. The molecule has 1 amide bonds. The summed E-state index contributed by atoms with van der Waals surface area (Å²) in [6.07, 6.45) is 5.47. The number of allylic oxidation sites excluding steroid dienone is 1. The van der Waals surface area contributed by atoms with E-state index in [9.17, 15) is 9.59 Å². The number of nitrogens with zero attached hydrogens (tertiary/aromatic N) is 4. The minimum absolute atomic E-state index is 0.180. The van der Waals surface area contributed by atoms with E-state index in [-0.39, 0.29) is 11.5 Å². The standard InChI is InChI=1S/C27H25N5O2S/c1-4-31-16-19(15-28-31)14-22-26(34)32-24(20-11-6-5-7-12-20)23(18(3)29-27(32)35-22)25(33)30-21-13-9-8-10-17(21)2/h5-16,24H,4H2,1-3H3,(H,30,33)/b22-14+/t24-/m0/s1. The van der Waals surface area contributed by atoms with Gasteiger partial charge in [0, 0.05) is 24.0 Å². The van der Waals surface area contributed by atoms with E-state index in [0.29, 0.717) is 20.6 Å². The molecule has 1 N–H and O–H groups in total. The first-order valence-electron chi connectivity index (χ1n) is 11.4. The molecule has 7 nitrogen and oxygen atoms in total. The summed E-state index contributed by atoms with van der Waals surface area (Å²) < 4.78 is 4.00. The van der Waals surface area contributed by atoms with E-state index in [2.05, 4.69) is 10.4 Å². The van der Waals surface area contributed by atoms with E-state index in [1.807, 2.05) is 92.3 Å². The molecular formula is C27H25N5O2S. The maximum Gasteiger partial charge on any atom is 0.271 e. The molecule has 35 heavy (non-hydrogen) atoms. The molecule has 2 aromatic carbocycles. The zero-order chi connectivity index (χ0) is 24.5. The van der Waals surface area contributed by atoms with Gasteiger partial charge in [-0.15, -0.1) is 0 Å². The van der Waals surface area contributed by atoms with Crippen molar-refractivity contribution in [1.82, 2.24) is 14.3 Å². The highest BCUT2D eigenvalue weighted by Crippen LogP contribution is 2.31. The number of thiazole rings is 1. The number of rotatable bonds is 5. The molecule has 2 aromatic heterocycles. The Morgan fingerprint density at radius 1 is 1.11 bits per heavy atom. The van der Waals surface area contributed by atoms with Gasteiger partial charge >= 0.3 is 0 Å². The van der Waals surface area contributed by atoms with Gasteiger partial charge in [-0.2, -0.15) is 5.10 Å². The summed E-state index contributed by atoms with van der Waals surface area (Å²) in [7, 11) is 0. The van der Waals surface area contributed by atoms with Gasteiger partial charge in [0.25, 0.3) is 11.5 Å². The molecular weight excluding hydrogens is 458 g/mol. The summed E-state index contributed by atoms with van der Waals surface area (Å²) in [4.78, 5) is 32.5. The topological polar surface area (TPSA) is 81.3 Å². The second kappa shape index (κ2) is 9.31. The zero-order valence-electron chi connectivity index (χ0n) is 19.7. The number of hydrogen-bond acceptors (Lipinski definition) is 5. The van der Waals surface area contributed by atoms with Crippen LogP contribution in [0.2, 0.25) is 0 Å². The number of benzene rings is 2. The van der Waals surface area contributed by atoms with Crippen LogP contribution in [0.4, 0.5) is 5.69 Å². The van der Waals surface area contributed by atoms with E-state index in [0.717, 1.165) is 28.9 Å². The molecule has 0 unspecified atom stereocenters. The fraction of sp³-hybridized carbons (Fsp3) is 0.185. The third kappa shape index (κ3) is 4.28. The van der Waals surface area contributed by atoms with Gasteiger partial charge in [-0.05, 0) is 44.0 Å². The molecule has 176 valence electrons. The van der Waals surface area contributed by atoms with Gasteiger partial charge in [0.15, 0.2) is 4.80 Å². The van der Waals surface area contributed by atoms with Crippen molar-refractivity contribution in [2.24, 2.45) is 4.99 Å². The zero-order valence-corrected chi connectivity index (χ0v) is 20.5. The second-order valence-corrected chi connectivity index (χ2v) is 9.40. The Bertz CT molecular complexity index is 1630. The second-order valence-electron chi connectivity index (χ2n) is 8.39. The largest absolute Gasteiger partial charge is 0.322 e. The third-order valence-electron chi connectivity index (χ3n) is 6.05. The van der Waals surface area contributed by atoms with Crippen molar-refractivity contribution in [1.29, 1.82) is 0 Å². The number of hydrogen-bond donors (Lipinski definition) is 1. The van der Waals surface area contributed by atoms with Crippen LogP contribution in [0.3, 0.4) is 0 Å². The number of nitrogens with one attached hydrogen (secondary N) is 1. The highest BCUT2D eigenvalue weighted by molar-refractivity contribution is 7.07. The van der Waals surface area contributed by atoms with Gasteiger partial charge in [-0.25, -0.2) is 4.99 Å². The molecule has 1 atom stereocenters. The molecule has 0 spiro atoms. The molecule has 1 aliphatic rings. The van der Waals surface area contributed by atoms with Crippen molar-refractivity contribution in [2.45, 2.75) is 33.4 Å². The van der Waals surface area contributed by atoms with E-state index in [1.165, 1.54) is 11.3 Å². The molecule has 0 bridgehead atoms. The summed E-state index contributed by atoms with van der Waals surface area (Å²) in [5.41, 5.74) is 4.26. The molecule has 0 saturated heterocycles. The number of amides is 1. The predicted octanol–water partition coefficient (Wildman–Crippen LogP) is 3.40. The predicted molar refractivity (Wildman–Crippen MR) is 138 cm³/mol. The highest BCUT2D eigenvalue weighted by Gasteiger charge is 2.32. The van der Waals surface area contributed by atoms with Crippen molar-refractivity contribution in [3.63, 3.8) is 0 Å². The van der Waals surface area contributed by atoms with E-state index >= 15 is 0 Å². The van der Waals surface area contributed by atoms with Crippen LogP contribution in [0.15, 0.2) is 88.0 Å². The van der Waals surface area contributed by atoms with Crippen molar-refractivity contribution in [3.05, 3.63) is 115 Å². The number of aryl methyl sites for hydroxylation is 2. The molecule has 4 aromatic rings. The van der Waals surface area contributed by atoms with E-state index in [4.69, 9.17) is 4.99 Å². The Balaban J connectivity index is 1.65. The first kappa shape index (κ1) is 22.7. The first-order valence-corrected chi connectivity index (χ1v) is 12.2. The number of carbonyl (C=O) groups excluding carboxylic acids is 1. The van der Waals surface area contributed by atoms with Gasteiger partial charge in [0.1, 0.15) is 0 Å². The van der Waals surface area contributed by atoms with Crippen LogP contribution in [-0.2, 0) is 11.3 Å². The Hall–Kier alpha value is -4.04. The van der Waals surface area contributed by atoms with Gasteiger partial charge in [-0.3, -0.25) is 18.8 Å². The van der Waals surface area contributed by atoms with E-state index < -0.39 is 6.04 Å². The molecule has 8 heteroatoms. The fourth-order valence-corrected chi connectivity index (χ4v) is 5.29. The van der Waals surface area contributed by atoms with Crippen LogP contribution in [0, 0.1) is 6.92 Å². The lowest BCUT2D eigenvalue weighted by Gasteiger charge is -2.25. The van der Waals surface area contributed by atoms with Gasteiger partial charge in [0.2, 0.25) is 0 Å². The van der Waals surface area contributed by atoms with E-state index in [1.54, 1.807) is 10.8 Å². The van der Waals surface area contributed by atoms with Crippen LogP contribution in [0.5, 0.6) is 0 Å². The van der Waals surface area contributed by atoms with Gasteiger partial charge < -0.3 is 5.32 Å². The Morgan fingerprint density at radius 3 is 2.57 bits per heavy atom. The smallest absolute Gasteiger partial charge is 0.271 e. The minimum Gasteiger partial charge on any atom is -0.322 e. The summed E-state index contributed by atoms with van der Waals surface area (Å²) >= 11 is 1.32. The van der Waals surface area contributed by atoms with Crippen LogP contribution < -0.4 is 20.2 Å². The summed E-state index contributed by atoms with van der Waals surface area (Å²) in [6, 6.07) is 16.7. The minimum atomic E-state index is -0.586. The number of fused-ring (bicyclic) bond motifs is 1. The summed E-state index contributed by atoms with van der Waals surface area (Å²) in [6.45, 7) is 6.53. The SMILES string of the molecule is CCn1cc(/C=c2/sc3n(c2=O)[C@@H](c2ccccc2)C(C(=O)Nc2ccccc2C)=C(C)N=3)cn1. The Labute approximate surface area is 206 Å². The number of anilines is 1. The van der Waals surface area contributed by atoms with Crippen LogP contribution >= 0.6 is 11.3 Å². The monoisotopic (exact) mass is 483 g/mol. The van der Waals surface area contributed by atoms with Crippen molar-refractivity contribution >= 4 is 29.0 Å². The quantitative estimate of drug-likeness (QED) is 0.472. The van der Waals surface area contributed by atoms with Gasteiger partial charge in [0.05, 0.1) is 28.0 Å². The Kier molecular flexibility index (Phi) is 6.05. The van der Waals surface area contributed by atoms with Crippen LogP contribution in [-0.4, -0.2) is 20.3 Å². The molecule has 0 aliphatic carbocycles. The van der Waals surface area contributed by atoms with Crippen molar-refractivity contribution in [2.75, 3.05) is 5.32 Å². The lowest BCUT2D eigenvalue weighted by molar-refractivity contribution is -0.113. The number of carbonyl (C=O) groups is 1. The van der Waals surface area contributed by atoms with Crippen molar-refractivity contribution < 1.29 is 4.79 Å². The molecule has 0 radical (unpaired) electrons. The van der Waals surface area contributed by atoms with Crippen LogP contribution in [0.1, 0.15) is 36.6 Å². The van der Waals surface area contributed by atoms with Crippen molar-refractivity contribution in [3.8, 4) is 0 Å². The van der Waals surface area contributed by atoms with Crippen LogP contribution in [0.25, 0.3) is 6.08 Å². The average Bonchev–Trinajstić information content (AvgIpc) is 3.44. The Morgan fingerprint density at radius 2 is 1.86 bits per heavy atom. The fourth-order valence-electron chi connectivity index (χ4n) is 4.24. The normalized spacial score (nSPS) is 15.6. The average molecular weight is 484 g/mol. The lowest BCUT2D eigenvalue weighted by Crippen LogP contribution is -2.40. The summed E-state index contributed by atoms with van der Waals surface area (Å²) in [5.74, 6) is -0.270. The molecule has 5 rings (SSSR count).